The quantitative estimate of drug-likeness (QED) is 0.211. The van der Waals surface area contributed by atoms with E-state index in [1.807, 2.05) is 58.0 Å². The molecule has 2 aromatic rings. The third-order valence-corrected chi connectivity index (χ3v) is 8.64. The van der Waals surface area contributed by atoms with E-state index in [2.05, 4.69) is 31.2 Å². The smallest absolute Gasteiger partial charge is 0.318 e. The standard InChI is InChI=1S/C35H49N7O6/c1-22(2)17-26(30(43)35(5)21-48-35)38-33(46)28(19-24-9-7-6-8-10-24)39-32(45)27(18-23(3)4)40-34(47)42-15-11-25(12-16-42)31(44)41-29-20-36-13-14-37-29/h6-10,13-14,20,22-23,25-28H,11-12,15-19,21H2,1-5H3,(H,38,46)(H,39,45)(H,40,47)(H,37,41,44)/t26-,27-,28-,35+/m0/s1. The Labute approximate surface area is 282 Å². The summed E-state index contributed by atoms with van der Waals surface area (Å²) in [6.07, 6.45) is 6.38. The van der Waals surface area contributed by atoms with Gasteiger partial charge in [0, 0.05) is 37.8 Å². The van der Waals surface area contributed by atoms with E-state index in [1.165, 1.54) is 18.6 Å². The molecule has 2 saturated heterocycles. The van der Waals surface area contributed by atoms with Crippen LogP contribution in [0.5, 0.6) is 0 Å². The first kappa shape index (κ1) is 36.4. The van der Waals surface area contributed by atoms with Crippen molar-refractivity contribution in [3.05, 3.63) is 54.5 Å². The normalized spacial score (nSPS) is 19.6. The number of carbonyl (C=O) groups excluding carboxylic acids is 5. The molecule has 1 aromatic heterocycles. The van der Waals surface area contributed by atoms with E-state index >= 15 is 0 Å². The van der Waals surface area contributed by atoms with Gasteiger partial charge in [0.25, 0.3) is 0 Å². The molecular formula is C35H49N7O6. The molecular weight excluding hydrogens is 614 g/mol. The van der Waals surface area contributed by atoms with Crippen LogP contribution in [0.3, 0.4) is 0 Å². The van der Waals surface area contributed by atoms with Crippen LogP contribution in [-0.2, 0) is 30.3 Å². The number of carbonyl (C=O) groups is 5. The molecule has 5 amide bonds. The van der Waals surface area contributed by atoms with Crippen molar-refractivity contribution in [1.82, 2.24) is 30.8 Å². The van der Waals surface area contributed by atoms with Gasteiger partial charge in [-0.3, -0.25) is 24.2 Å². The Morgan fingerprint density at radius 3 is 2.06 bits per heavy atom. The van der Waals surface area contributed by atoms with Gasteiger partial charge in [-0.1, -0.05) is 58.0 Å². The van der Waals surface area contributed by atoms with Gasteiger partial charge < -0.3 is 30.9 Å². The lowest BCUT2D eigenvalue weighted by atomic mass is 9.93. The molecule has 2 aliphatic rings. The predicted molar refractivity (Wildman–Crippen MR) is 180 cm³/mol. The Morgan fingerprint density at radius 1 is 0.875 bits per heavy atom. The molecule has 13 nitrogen and oxygen atoms in total. The van der Waals surface area contributed by atoms with Crippen molar-refractivity contribution >= 4 is 35.4 Å². The third-order valence-electron chi connectivity index (χ3n) is 8.64. The fourth-order valence-corrected chi connectivity index (χ4v) is 5.81. The van der Waals surface area contributed by atoms with Crippen LogP contribution in [0.2, 0.25) is 0 Å². The summed E-state index contributed by atoms with van der Waals surface area (Å²) in [5.41, 5.74) is -0.0789. The number of piperidine rings is 1. The number of benzene rings is 1. The second-order valence-corrected chi connectivity index (χ2v) is 13.8. The lowest BCUT2D eigenvalue weighted by Crippen LogP contribution is -2.58. The highest BCUT2D eigenvalue weighted by molar-refractivity contribution is 5.98. The number of nitrogens with zero attached hydrogens (tertiary/aromatic N) is 3. The molecule has 260 valence electrons. The largest absolute Gasteiger partial charge is 0.361 e. The summed E-state index contributed by atoms with van der Waals surface area (Å²) in [6, 6.07) is 6.23. The van der Waals surface area contributed by atoms with Crippen molar-refractivity contribution in [1.29, 1.82) is 0 Å². The zero-order valence-corrected chi connectivity index (χ0v) is 28.5. The second kappa shape index (κ2) is 16.6. The molecule has 0 bridgehead atoms. The van der Waals surface area contributed by atoms with Crippen LogP contribution in [0.15, 0.2) is 48.9 Å². The molecule has 2 aliphatic heterocycles. The van der Waals surface area contributed by atoms with E-state index in [9.17, 15) is 24.0 Å². The van der Waals surface area contributed by atoms with E-state index in [1.54, 1.807) is 11.8 Å². The number of anilines is 1. The topological polar surface area (TPSA) is 175 Å². The molecule has 0 unspecified atom stereocenters. The van der Waals surface area contributed by atoms with Gasteiger partial charge in [-0.2, -0.15) is 0 Å². The van der Waals surface area contributed by atoms with Crippen molar-refractivity contribution in [2.24, 2.45) is 17.8 Å². The summed E-state index contributed by atoms with van der Waals surface area (Å²) >= 11 is 0. The van der Waals surface area contributed by atoms with Gasteiger partial charge in [0.05, 0.1) is 18.8 Å². The summed E-state index contributed by atoms with van der Waals surface area (Å²) in [7, 11) is 0. The molecule has 0 radical (unpaired) electrons. The van der Waals surface area contributed by atoms with Gasteiger partial charge in [-0.15, -0.1) is 0 Å². The maximum Gasteiger partial charge on any atom is 0.318 e. The Balaban J connectivity index is 1.41. The van der Waals surface area contributed by atoms with Gasteiger partial charge in [-0.05, 0) is 50.0 Å². The van der Waals surface area contributed by atoms with Crippen LogP contribution in [0.1, 0.15) is 65.9 Å². The number of nitrogens with one attached hydrogen (secondary N) is 4. The highest BCUT2D eigenvalue weighted by Crippen LogP contribution is 2.29. The number of aromatic nitrogens is 2. The maximum absolute atomic E-state index is 13.8. The van der Waals surface area contributed by atoms with Crippen LogP contribution >= 0.6 is 0 Å². The zero-order chi connectivity index (χ0) is 34.8. The molecule has 4 N–H and O–H groups in total. The van der Waals surface area contributed by atoms with E-state index in [-0.39, 0.29) is 35.9 Å². The first-order valence-electron chi connectivity index (χ1n) is 16.8. The number of likely N-dealkylation sites (tertiary alicyclic amines) is 1. The van der Waals surface area contributed by atoms with Crippen molar-refractivity contribution in [2.75, 3.05) is 25.0 Å². The van der Waals surface area contributed by atoms with Crippen molar-refractivity contribution in [3.63, 3.8) is 0 Å². The fraction of sp³-hybridized carbons (Fsp3) is 0.571. The summed E-state index contributed by atoms with van der Waals surface area (Å²) in [4.78, 5) is 76.6. The number of epoxide rings is 1. The van der Waals surface area contributed by atoms with Crippen molar-refractivity contribution < 1.29 is 28.7 Å². The molecule has 1 aromatic carbocycles. The van der Waals surface area contributed by atoms with Gasteiger partial charge >= 0.3 is 6.03 Å². The minimum absolute atomic E-state index is 0.0605. The predicted octanol–water partition coefficient (Wildman–Crippen LogP) is 2.87. The maximum atomic E-state index is 13.8. The van der Waals surface area contributed by atoms with Crippen molar-refractivity contribution in [3.8, 4) is 0 Å². The number of urea groups is 1. The summed E-state index contributed by atoms with van der Waals surface area (Å²) in [6.45, 7) is 10.6. The van der Waals surface area contributed by atoms with Crippen LogP contribution in [-0.4, -0.2) is 87.8 Å². The van der Waals surface area contributed by atoms with Crippen LogP contribution in [0.25, 0.3) is 0 Å². The first-order chi connectivity index (χ1) is 22.8. The van der Waals surface area contributed by atoms with Gasteiger partial charge in [0.1, 0.15) is 17.7 Å². The summed E-state index contributed by atoms with van der Waals surface area (Å²) in [5, 5.41) is 11.4. The number of hydrogen-bond donors (Lipinski definition) is 4. The monoisotopic (exact) mass is 663 g/mol. The Hall–Kier alpha value is -4.39. The molecule has 0 saturated carbocycles. The molecule has 0 spiro atoms. The lowest BCUT2D eigenvalue weighted by molar-refractivity contribution is -0.133. The molecule has 13 heteroatoms. The highest BCUT2D eigenvalue weighted by Gasteiger charge is 2.50. The molecule has 0 aliphatic carbocycles. The van der Waals surface area contributed by atoms with Gasteiger partial charge in [-0.25, -0.2) is 9.78 Å². The zero-order valence-electron chi connectivity index (χ0n) is 28.5. The van der Waals surface area contributed by atoms with Crippen molar-refractivity contribution in [2.45, 2.75) is 90.4 Å². The Morgan fingerprint density at radius 2 is 1.48 bits per heavy atom. The third kappa shape index (κ3) is 10.6. The Kier molecular flexibility index (Phi) is 12.6. The molecule has 3 heterocycles. The van der Waals surface area contributed by atoms with E-state index < -0.39 is 41.6 Å². The Bertz CT molecular complexity index is 1410. The molecule has 2 fully saturated rings. The highest BCUT2D eigenvalue weighted by atomic mass is 16.6. The SMILES string of the molecule is CC(C)C[C@H](NC(=O)N1CCC(C(=O)Nc2cnccn2)CC1)C(=O)N[C@@H](Cc1ccccc1)C(=O)N[C@@H](CC(C)C)C(=O)[C@@]1(C)CO1. The number of ether oxygens (including phenoxy) is 1. The number of amides is 5. The van der Waals surface area contributed by atoms with Crippen LogP contribution in [0, 0.1) is 17.8 Å². The minimum atomic E-state index is -0.995. The van der Waals surface area contributed by atoms with Crippen LogP contribution in [0.4, 0.5) is 10.6 Å². The number of ketones is 1. The minimum Gasteiger partial charge on any atom is -0.361 e. The van der Waals surface area contributed by atoms with E-state index in [4.69, 9.17) is 4.74 Å². The number of hydrogen-bond acceptors (Lipinski definition) is 8. The number of Topliss-reactive ketones (excluding diaryl/α,β-unsaturated/α-hetero) is 1. The number of rotatable bonds is 15. The molecule has 4 atom stereocenters. The van der Waals surface area contributed by atoms with Gasteiger partial charge in [0.15, 0.2) is 11.6 Å². The van der Waals surface area contributed by atoms with E-state index in [0.29, 0.717) is 51.2 Å². The fourth-order valence-electron chi connectivity index (χ4n) is 5.81. The summed E-state index contributed by atoms with van der Waals surface area (Å²) in [5.74, 6) is -1.05. The van der Waals surface area contributed by atoms with Crippen LogP contribution < -0.4 is 21.3 Å². The lowest BCUT2D eigenvalue weighted by Gasteiger charge is -2.33. The first-order valence-corrected chi connectivity index (χ1v) is 16.8. The van der Waals surface area contributed by atoms with E-state index in [0.717, 1.165) is 5.56 Å². The van der Waals surface area contributed by atoms with Gasteiger partial charge in [0.2, 0.25) is 17.7 Å². The summed E-state index contributed by atoms with van der Waals surface area (Å²) < 4.78 is 5.38. The molecule has 48 heavy (non-hydrogen) atoms. The molecule has 4 rings (SSSR count). The average Bonchev–Trinajstić information content (AvgIpc) is 3.82. The average molecular weight is 664 g/mol. The second-order valence-electron chi connectivity index (χ2n) is 13.8.